The molecule has 1 heterocycles. The molecule has 1 fully saturated rings. The van der Waals surface area contributed by atoms with E-state index >= 15 is 0 Å². The highest BCUT2D eigenvalue weighted by Gasteiger charge is 2.31. The van der Waals surface area contributed by atoms with Crippen LogP contribution in [0.1, 0.15) is 23.4 Å². The molecule has 1 aromatic heterocycles. The Hall–Kier alpha value is -2.01. The minimum Gasteiger partial charge on any atom is -0.493 e. The summed E-state index contributed by atoms with van der Waals surface area (Å²) in [6.07, 6.45) is 1.65. The lowest BCUT2D eigenvalue weighted by Gasteiger charge is -2.19. The number of benzene rings is 1. The number of hydrogen-bond donors (Lipinski definition) is 1. The molecule has 1 unspecified atom stereocenters. The molecule has 5 nitrogen and oxygen atoms in total. The predicted octanol–water partition coefficient (Wildman–Crippen LogP) is 2.28. The Bertz CT molecular complexity index is 659. The van der Waals surface area contributed by atoms with Gasteiger partial charge in [0, 0.05) is 19.0 Å². The molecule has 2 aromatic rings. The molecule has 1 aliphatic rings. The molecule has 0 aliphatic heterocycles. The van der Waals surface area contributed by atoms with Gasteiger partial charge in [-0.1, -0.05) is 12.1 Å². The minimum absolute atomic E-state index is 0.229. The number of hydrogen-bond acceptors (Lipinski definition) is 4. The van der Waals surface area contributed by atoms with Crippen LogP contribution in [0.2, 0.25) is 0 Å². The molecule has 1 saturated carbocycles. The van der Waals surface area contributed by atoms with E-state index in [4.69, 9.17) is 9.15 Å². The molecule has 112 valence electrons. The SMILES string of the molecule is COc1cccc2cc(C(=O)N(C)CC(O)C3CC3)oc12. The van der Waals surface area contributed by atoms with Crippen molar-refractivity contribution >= 4 is 16.9 Å². The fourth-order valence-corrected chi connectivity index (χ4v) is 2.48. The van der Waals surface area contributed by atoms with Crippen LogP contribution < -0.4 is 4.74 Å². The molecular formula is C16H19NO4. The number of para-hydroxylation sites is 1. The summed E-state index contributed by atoms with van der Waals surface area (Å²) in [5.74, 6) is 0.983. The van der Waals surface area contributed by atoms with Crippen LogP contribution in [0.5, 0.6) is 5.75 Å². The first-order chi connectivity index (χ1) is 10.1. The maximum absolute atomic E-state index is 12.4. The van der Waals surface area contributed by atoms with E-state index in [0.29, 0.717) is 23.8 Å². The van der Waals surface area contributed by atoms with E-state index in [1.165, 1.54) is 4.90 Å². The van der Waals surface area contributed by atoms with Crippen molar-refractivity contribution in [3.05, 3.63) is 30.0 Å². The van der Waals surface area contributed by atoms with Gasteiger partial charge in [-0.15, -0.1) is 0 Å². The van der Waals surface area contributed by atoms with E-state index in [2.05, 4.69) is 0 Å². The van der Waals surface area contributed by atoms with Crippen LogP contribution in [-0.2, 0) is 0 Å². The van der Waals surface area contributed by atoms with Crippen molar-refractivity contribution in [2.45, 2.75) is 18.9 Å². The predicted molar refractivity (Wildman–Crippen MR) is 78.5 cm³/mol. The lowest BCUT2D eigenvalue weighted by atomic mass is 10.2. The molecule has 0 radical (unpaired) electrons. The molecule has 1 amide bonds. The summed E-state index contributed by atoms with van der Waals surface area (Å²) in [6, 6.07) is 7.23. The van der Waals surface area contributed by atoms with Crippen molar-refractivity contribution in [2.24, 2.45) is 5.92 Å². The van der Waals surface area contributed by atoms with Gasteiger partial charge in [0.15, 0.2) is 17.1 Å². The normalized spacial score (nSPS) is 16.0. The highest BCUT2D eigenvalue weighted by molar-refractivity contribution is 5.97. The third-order valence-corrected chi connectivity index (χ3v) is 3.91. The van der Waals surface area contributed by atoms with Crippen LogP contribution in [-0.4, -0.2) is 42.7 Å². The smallest absolute Gasteiger partial charge is 0.289 e. The van der Waals surface area contributed by atoms with Gasteiger partial charge in [0.25, 0.3) is 5.91 Å². The Morgan fingerprint density at radius 2 is 2.29 bits per heavy atom. The van der Waals surface area contributed by atoms with Gasteiger partial charge in [-0.2, -0.15) is 0 Å². The Kier molecular flexibility index (Phi) is 3.59. The summed E-state index contributed by atoms with van der Waals surface area (Å²) in [6.45, 7) is 0.331. The molecular weight excluding hydrogens is 270 g/mol. The number of rotatable bonds is 5. The number of methoxy groups -OCH3 is 1. The molecule has 0 spiro atoms. The summed E-state index contributed by atoms with van der Waals surface area (Å²) in [4.78, 5) is 13.9. The molecule has 1 aliphatic carbocycles. The van der Waals surface area contributed by atoms with E-state index < -0.39 is 6.10 Å². The number of furan rings is 1. The zero-order chi connectivity index (χ0) is 15.0. The fraction of sp³-hybridized carbons (Fsp3) is 0.438. The fourth-order valence-electron chi connectivity index (χ4n) is 2.48. The van der Waals surface area contributed by atoms with Crippen LogP contribution in [0, 0.1) is 5.92 Å². The Morgan fingerprint density at radius 1 is 1.52 bits per heavy atom. The van der Waals surface area contributed by atoms with E-state index in [1.54, 1.807) is 26.3 Å². The van der Waals surface area contributed by atoms with Crippen LogP contribution in [0.3, 0.4) is 0 Å². The van der Waals surface area contributed by atoms with Crippen molar-refractivity contribution in [2.75, 3.05) is 20.7 Å². The second-order valence-electron chi connectivity index (χ2n) is 5.58. The second kappa shape index (κ2) is 5.41. The van der Waals surface area contributed by atoms with Crippen LogP contribution >= 0.6 is 0 Å². The topological polar surface area (TPSA) is 62.9 Å². The summed E-state index contributed by atoms with van der Waals surface area (Å²) < 4.78 is 10.9. The number of carbonyl (C=O) groups is 1. The molecule has 1 aromatic carbocycles. The highest BCUT2D eigenvalue weighted by atomic mass is 16.5. The number of aliphatic hydroxyl groups excluding tert-OH is 1. The molecule has 1 N–H and O–H groups in total. The quantitative estimate of drug-likeness (QED) is 0.917. The summed E-state index contributed by atoms with van der Waals surface area (Å²) in [5, 5.41) is 10.8. The monoisotopic (exact) mass is 289 g/mol. The number of nitrogens with zero attached hydrogens (tertiary/aromatic N) is 1. The third kappa shape index (κ3) is 2.74. The Balaban J connectivity index is 1.80. The minimum atomic E-state index is -0.446. The van der Waals surface area contributed by atoms with Crippen LogP contribution in [0.4, 0.5) is 0 Å². The van der Waals surface area contributed by atoms with Gasteiger partial charge in [-0.25, -0.2) is 0 Å². The first kappa shape index (κ1) is 13.9. The number of ether oxygens (including phenoxy) is 1. The number of carbonyl (C=O) groups excluding carboxylic acids is 1. The van der Waals surface area contributed by atoms with E-state index in [1.807, 2.05) is 12.1 Å². The van der Waals surface area contributed by atoms with Gasteiger partial charge in [0.2, 0.25) is 0 Å². The number of amides is 1. The average molecular weight is 289 g/mol. The third-order valence-electron chi connectivity index (χ3n) is 3.91. The number of aliphatic hydroxyl groups is 1. The van der Waals surface area contributed by atoms with Crippen molar-refractivity contribution in [3.8, 4) is 5.75 Å². The van der Waals surface area contributed by atoms with Crippen LogP contribution in [0.15, 0.2) is 28.7 Å². The summed E-state index contributed by atoms with van der Waals surface area (Å²) in [5.41, 5.74) is 0.569. The average Bonchev–Trinajstić information content (AvgIpc) is 3.24. The van der Waals surface area contributed by atoms with Crippen LogP contribution in [0.25, 0.3) is 11.0 Å². The standard InChI is InChI=1S/C16H19NO4/c1-17(9-12(18)10-6-7-10)16(19)14-8-11-4-3-5-13(20-2)15(11)21-14/h3-5,8,10,12,18H,6-7,9H2,1-2H3. The molecule has 21 heavy (non-hydrogen) atoms. The number of fused-ring (bicyclic) bond motifs is 1. The van der Waals surface area contributed by atoms with Gasteiger partial charge in [-0.05, 0) is 30.9 Å². The highest BCUT2D eigenvalue weighted by Crippen LogP contribution is 2.33. The molecule has 0 bridgehead atoms. The first-order valence-corrected chi connectivity index (χ1v) is 7.10. The zero-order valence-electron chi connectivity index (χ0n) is 12.2. The molecule has 1 atom stereocenters. The zero-order valence-corrected chi connectivity index (χ0v) is 12.2. The summed E-state index contributed by atoms with van der Waals surface area (Å²) >= 11 is 0. The van der Waals surface area contributed by atoms with Gasteiger partial charge in [-0.3, -0.25) is 4.79 Å². The van der Waals surface area contributed by atoms with Crippen molar-refractivity contribution < 1.29 is 19.1 Å². The number of likely N-dealkylation sites (N-methyl/N-ethyl adjacent to an activating group) is 1. The Labute approximate surface area is 123 Å². The lowest BCUT2D eigenvalue weighted by Crippen LogP contribution is -2.35. The van der Waals surface area contributed by atoms with E-state index in [9.17, 15) is 9.90 Å². The van der Waals surface area contributed by atoms with Crippen molar-refractivity contribution in [3.63, 3.8) is 0 Å². The van der Waals surface area contributed by atoms with E-state index in [-0.39, 0.29) is 11.7 Å². The lowest BCUT2D eigenvalue weighted by molar-refractivity contribution is 0.0619. The van der Waals surface area contributed by atoms with Gasteiger partial charge >= 0.3 is 0 Å². The Morgan fingerprint density at radius 3 is 2.95 bits per heavy atom. The first-order valence-electron chi connectivity index (χ1n) is 7.10. The maximum Gasteiger partial charge on any atom is 0.289 e. The molecule has 5 heteroatoms. The van der Waals surface area contributed by atoms with Gasteiger partial charge in [0.05, 0.1) is 13.2 Å². The maximum atomic E-state index is 12.4. The van der Waals surface area contributed by atoms with Crippen molar-refractivity contribution in [1.29, 1.82) is 0 Å². The van der Waals surface area contributed by atoms with Crippen molar-refractivity contribution in [1.82, 2.24) is 4.90 Å². The van der Waals surface area contributed by atoms with Gasteiger partial charge < -0.3 is 19.2 Å². The molecule has 0 saturated heterocycles. The molecule has 3 rings (SSSR count). The largest absolute Gasteiger partial charge is 0.493 e. The van der Waals surface area contributed by atoms with Gasteiger partial charge in [0.1, 0.15) is 0 Å². The van der Waals surface area contributed by atoms with E-state index in [0.717, 1.165) is 18.2 Å². The summed E-state index contributed by atoms with van der Waals surface area (Å²) in [7, 11) is 3.25. The second-order valence-corrected chi connectivity index (χ2v) is 5.58.